The van der Waals surface area contributed by atoms with Crippen LogP contribution < -0.4 is 9.64 Å². The Morgan fingerprint density at radius 1 is 1.08 bits per heavy atom. The number of aliphatic hydroxyl groups is 1. The summed E-state index contributed by atoms with van der Waals surface area (Å²) >= 11 is 0. The van der Waals surface area contributed by atoms with Crippen LogP contribution in [0.4, 0.5) is 10.6 Å². The molecule has 0 radical (unpaired) electrons. The first-order valence-electron chi connectivity index (χ1n) is 14.5. The van der Waals surface area contributed by atoms with Gasteiger partial charge in [-0.3, -0.25) is 9.80 Å². The summed E-state index contributed by atoms with van der Waals surface area (Å²) in [6.45, 7) is 4.51. The number of aromatic nitrogens is 2. The van der Waals surface area contributed by atoms with E-state index in [9.17, 15) is 15.0 Å². The zero-order valence-electron chi connectivity index (χ0n) is 22.6. The summed E-state index contributed by atoms with van der Waals surface area (Å²) in [6, 6.07) is 9.18. The molecule has 5 heterocycles. The van der Waals surface area contributed by atoms with Gasteiger partial charge in [0, 0.05) is 43.8 Å². The van der Waals surface area contributed by atoms with E-state index in [0.717, 1.165) is 61.4 Å². The molecule has 0 spiro atoms. The van der Waals surface area contributed by atoms with Crippen LogP contribution in [0.3, 0.4) is 0 Å². The van der Waals surface area contributed by atoms with Crippen LogP contribution in [0.1, 0.15) is 66.6 Å². The highest BCUT2D eigenvalue weighted by molar-refractivity contribution is 5.67. The third kappa shape index (κ3) is 4.42. The normalized spacial score (nSPS) is 30.5. The molecule has 7 rings (SSSR count). The Labute approximate surface area is 229 Å². The van der Waals surface area contributed by atoms with Gasteiger partial charge in [-0.1, -0.05) is 24.3 Å². The minimum Gasteiger partial charge on any atom is -0.465 e. The van der Waals surface area contributed by atoms with Crippen LogP contribution >= 0.6 is 0 Å². The van der Waals surface area contributed by atoms with E-state index in [4.69, 9.17) is 14.7 Å². The number of aliphatic hydroxyl groups excluding tert-OH is 1. The summed E-state index contributed by atoms with van der Waals surface area (Å²) in [6.07, 6.45) is 4.37. The summed E-state index contributed by atoms with van der Waals surface area (Å²) in [5, 5.41) is 20.5. The van der Waals surface area contributed by atoms with Gasteiger partial charge in [0.15, 0.2) is 0 Å². The lowest BCUT2D eigenvalue weighted by atomic mass is 10.00. The number of fused-ring (bicyclic) bond motifs is 4. The predicted octanol–water partition coefficient (Wildman–Crippen LogP) is 2.82. The first-order chi connectivity index (χ1) is 19.0. The highest BCUT2D eigenvalue weighted by Gasteiger charge is 2.44. The average Bonchev–Trinajstić information content (AvgIpc) is 3.59. The third-order valence-corrected chi connectivity index (χ3v) is 9.73. The molecule has 0 saturated carbocycles. The van der Waals surface area contributed by atoms with Crippen molar-refractivity contribution in [2.45, 2.75) is 75.3 Å². The summed E-state index contributed by atoms with van der Waals surface area (Å²) < 4.78 is 6.27. The van der Waals surface area contributed by atoms with E-state index in [0.29, 0.717) is 44.7 Å². The van der Waals surface area contributed by atoms with Crippen LogP contribution in [0, 0.1) is 0 Å². The number of ether oxygens (including phenoxy) is 1. The highest BCUT2D eigenvalue weighted by atomic mass is 16.5. The van der Waals surface area contributed by atoms with Crippen molar-refractivity contribution in [2.75, 3.05) is 44.7 Å². The van der Waals surface area contributed by atoms with E-state index < -0.39 is 12.2 Å². The molecule has 10 heteroatoms. The van der Waals surface area contributed by atoms with Gasteiger partial charge in [0.1, 0.15) is 12.4 Å². The summed E-state index contributed by atoms with van der Waals surface area (Å²) in [5.41, 5.74) is 4.40. The first-order valence-corrected chi connectivity index (χ1v) is 14.5. The summed E-state index contributed by atoms with van der Waals surface area (Å²) in [5.74, 6) is 0.920. The van der Waals surface area contributed by atoms with Crippen LogP contribution in [-0.4, -0.2) is 98.9 Å². The molecule has 1 aromatic heterocycles. The van der Waals surface area contributed by atoms with Gasteiger partial charge in [-0.15, -0.1) is 0 Å². The second-order valence-corrected chi connectivity index (χ2v) is 11.9. The number of likely N-dealkylation sites (tertiary alicyclic amines) is 1. The molecule has 39 heavy (non-hydrogen) atoms. The molecule has 5 aliphatic rings. The number of piperazine rings is 1. The monoisotopic (exact) mass is 534 g/mol. The van der Waals surface area contributed by atoms with E-state index >= 15 is 0 Å². The van der Waals surface area contributed by atoms with Gasteiger partial charge in [0.05, 0.1) is 23.9 Å². The zero-order chi connectivity index (χ0) is 26.7. The number of benzene rings is 1. The van der Waals surface area contributed by atoms with Gasteiger partial charge in [-0.05, 0) is 63.2 Å². The predicted molar refractivity (Wildman–Crippen MR) is 145 cm³/mol. The van der Waals surface area contributed by atoms with E-state index in [2.05, 4.69) is 33.9 Å². The molecule has 1 aliphatic carbocycles. The fraction of sp³-hybridized carbons (Fsp3) is 0.621. The van der Waals surface area contributed by atoms with E-state index in [1.54, 1.807) is 4.90 Å². The molecule has 2 bridgehead atoms. The molecule has 10 nitrogen and oxygen atoms in total. The minimum atomic E-state index is -0.814. The minimum absolute atomic E-state index is 0.0000563. The Morgan fingerprint density at radius 2 is 1.85 bits per heavy atom. The quantitative estimate of drug-likeness (QED) is 0.599. The van der Waals surface area contributed by atoms with Crippen molar-refractivity contribution in [1.82, 2.24) is 24.7 Å². The van der Waals surface area contributed by atoms with Gasteiger partial charge >= 0.3 is 12.1 Å². The van der Waals surface area contributed by atoms with Crippen molar-refractivity contribution in [3.63, 3.8) is 0 Å². The molecule has 4 aliphatic heterocycles. The van der Waals surface area contributed by atoms with Crippen molar-refractivity contribution < 1.29 is 19.7 Å². The lowest BCUT2D eigenvalue weighted by Gasteiger charge is -2.41. The van der Waals surface area contributed by atoms with Crippen molar-refractivity contribution in [1.29, 1.82) is 0 Å². The topological polar surface area (TPSA) is 106 Å². The molecule has 3 fully saturated rings. The second kappa shape index (κ2) is 9.91. The molecule has 208 valence electrons. The Balaban J connectivity index is 1.18. The number of rotatable bonds is 5. The fourth-order valence-electron chi connectivity index (χ4n) is 7.68. The summed E-state index contributed by atoms with van der Waals surface area (Å²) in [7, 11) is 2.14. The van der Waals surface area contributed by atoms with Gasteiger partial charge in [-0.25, -0.2) is 4.79 Å². The van der Waals surface area contributed by atoms with Gasteiger partial charge in [-0.2, -0.15) is 9.97 Å². The molecule has 5 atom stereocenters. The molecule has 2 unspecified atom stereocenters. The number of carboxylic acid groups (broad SMARTS) is 1. The van der Waals surface area contributed by atoms with E-state index in [1.165, 1.54) is 12.0 Å². The van der Waals surface area contributed by atoms with Crippen LogP contribution in [0.15, 0.2) is 24.3 Å². The van der Waals surface area contributed by atoms with Crippen molar-refractivity contribution in [3.05, 3.63) is 46.6 Å². The number of amides is 1. The smallest absolute Gasteiger partial charge is 0.407 e. The van der Waals surface area contributed by atoms with Gasteiger partial charge in [0.2, 0.25) is 0 Å². The molecule has 3 saturated heterocycles. The van der Waals surface area contributed by atoms with Crippen LogP contribution in [0.2, 0.25) is 0 Å². The van der Waals surface area contributed by atoms with Gasteiger partial charge in [0.25, 0.3) is 0 Å². The Kier molecular flexibility index (Phi) is 6.36. The Hall–Kier alpha value is -2.95. The Morgan fingerprint density at radius 3 is 2.56 bits per heavy atom. The third-order valence-electron chi connectivity index (χ3n) is 9.73. The van der Waals surface area contributed by atoms with Crippen molar-refractivity contribution >= 4 is 11.9 Å². The highest BCUT2D eigenvalue weighted by Crippen LogP contribution is 2.44. The number of hydrogen-bond acceptors (Lipinski definition) is 8. The Bertz CT molecular complexity index is 1240. The molecular weight excluding hydrogens is 496 g/mol. The van der Waals surface area contributed by atoms with E-state index in [-0.39, 0.29) is 18.1 Å². The summed E-state index contributed by atoms with van der Waals surface area (Å²) in [4.78, 5) is 30.6. The van der Waals surface area contributed by atoms with E-state index in [1.807, 2.05) is 12.1 Å². The van der Waals surface area contributed by atoms with Crippen LogP contribution in [-0.2, 0) is 13.0 Å². The number of hydrogen-bond donors (Lipinski definition) is 2. The maximum absolute atomic E-state index is 11.9. The average molecular weight is 535 g/mol. The molecule has 1 amide bonds. The standard InChI is InChI=1S/C29H38N6O4/c1-32-11-4-5-20(32)17-39-28-30-24-16-33(25-13-26(36)22-7-3-2-6-21(22)25)12-10-23(24)27(31-28)34-14-18-8-9-19(15-34)35(18)29(37)38/h2-3,6-7,18-20,25-26,36H,4-5,8-17H2,1H3,(H,37,38)/t18-,19+,20-,25?,26?/m0/s1. The number of nitrogens with zero attached hydrogens (tertiary/aromatic N) is 6. The van der Waals surface area contributed by atoms with Crippen molar-refractivity contribution in [3.8, 4) is 6.01 Å². The zero-order valence-corrected chi connectivity index (χ0v) is 22.6. The number of likely N-dealkylation sites (N-methyl/N-ethyl adjacent to an activating group) is 1. The largest absolute Gasteiger partial charge is 0.465 e. The number of anilines is 1. The van der Waals surface area contributed by atoms with Gasteiger partial charge < -0.3 is 24.7 Å². The lowest BCUT2D eigenvalue weighted by Crippen LogP contribution is -2.56. The fourth-order valence-corrected chi connectivity index (χ4v) is 7.68. The lowest BCUT2D eigenvalue weighted by molar-refractivity contribution is 0.113. The van der Waals surface area contributed by atoms with Crippen molar-refractivity contribution in [2.24, 2.45) is 0 Å². The number of carbonyl (C=O) groups is 1. The maximum atomic E-state index is 11.9. The molecule has 1 aromatic carbocycles. The molecule has 2 N–H and O–H groups in total. The first kappa shape index (κ1) is 25.0. The van der Waals surface area contributed by atoms with Crippen LogP contribution in [0.5, 0.6) is 6.01 Å². The molecular formula is C29H38N6O4. The SMILES string of the molecule is CN1CCC[C@H]1COc1nc2c(c(N3C[C@H]4CC[C@@H](C3)N4C(=O)O)n1)CCN(C1CC(O)c3ccccc31)C2. The second-order valence-electron chi connectivity index (χ2n) is 11.9. The molecule has 2 aromatic rings. The maximum Gasteiger partial charge on any atom is 0.407 e. The van der Waals surface area contributed by atoms with Crippen LogP contribution in [0.25, 0.3) is 0 Å².